The van der Waals surface area contributed by atoms with Crippen molar-refractivity contribution < 1.29 is 4.79 Å². The molecule has 5 radical (unpaired) electrons. The average molecular weight is 260 g/mol. The molecule has 0 aliphatic heterocycles. The maximum Gasteiger partial charge on any atom is 0.272 e. The maximum atomic E-state index is 11.8. The molecule has 3 nitrogen and oxygen atoms in total. The van der Waals surface area contributed by atoms with Gasteiger partial charge in [-0.05, 0) is 44.7 Å². The molecule has 2 rings (SSSR count). The minimum Gasteiger partial charge on any atom is -0.267 e. The molecule has 18 heavy (non-hydrogen) atoms. The van der Waals surface area contributed by atoms with E-state index in [1.54, 1.807) is 24.3 Å². The third kappa shape index (κ3) is 3.10. The lowest BCUT2D eigenvalue weighted by Crippen LogP contribution is -2.21. The monoisotopic (exact) mass is 259 g/mol. The van der Waals surface area contributed by atoms with Gasteiger partial charge in [-0.25, -0.2) is 5.43 Å². The lowest BCUT2D eigenvalue weighted by molar-refractivity contribution is 0.0955. The van der Waals surface area contributed by atoms with Crippen LogP contribution in [0.5, 0.6) is 0 Å². The predicted octanol–water partition coefficient (Wildman–Crippen LogP) is 2.85. The summed E-state index contributed by atoms with van der Waals surface area (Å²) in [6, 6.07) is 6.86. The topological polar surface area (TPSA) is 41.5 Å². The van der Waals surface area contributed by atoms with Gasteiger partial charge in [0.1, 0.15) is 0 Å². The Morgan fingerprint density at radius 2 is 1.89 bits per heavy atom. The second-order valence-electron chi connectivity index (χ2n) is 3.79. The van der Waals surface area contributed by atoms with Crippen LogP contribution in [0.4, 0.5) is 0 Å². The Morgan fingerprint density at radius 3 is 2.56 bits per heavy atom. The Labute approximate surface area is 112 Å². The van der Waals surface area contributed by atoms with Gasteiger partial charge >= 0.3 is 0 Å². The van der Waals surface area contributed by atoms with E-state index < -0.39 is 0 Å². The van der Waals surface area contributed by atoms with Crippen LogP contribution in [0.1, 0.15) is 17.3 Å². The Hall–Kier alpha value is -1.35. The van der Waals surface area contributed by atoms with Gasteiger partial charge in [0.25, 0.3) is 5.91 Å². The first kappa shape index (κ1) is 13.1. The van der Waals surface area contributed by atoms with Gasteiger partial charge < -0.3 is 0 Å². The second kappa shape index (κ2) is 6.01. The van der Waals surface area contributed by atoms with Crippen molar-refractivity contribution in [2.75, 3.05) is 0 Å². The molecule has 1 aliphatic rings. The first-order valence-corrected chi connectivity index (χ1v) is 5.87. The van der Waals surface area contributed by atoms with E-state index in [2.05, 4.69) is 10.5 Å². The quantitative estimate of drug-likeness (QED) is 0.658. The number of halogens is 1. The normalized spacial score (nSPS) is 16.9. The summed E-state index contributed by atoms with van der Waals surface area (Å²) in [6.07, 6.45) is 7.70. The molecule has 1 N–H and O–H groups in total. The molecular weight excluding hydrogens is 248 g/mol. The molecule has 1 aromatic rings. The maximum absolute atomic E-state index is 11.8. The lowest BCUT2D eigenvalue weighted by atomic mass is 10.0. The SMILES string of the molecule is C/C(=N/NC(=O)c1ccccc1Cl)[C]1[CH][CH][CH][CH]1. The van der Waals surface area contributed by atoms with Crippen LogP contribution in [-0.4, -0.2) is 11.6 Å². The summed E-state index contributed by atoms with van der Waals surface area (Å²) in [7, 11) is 0. The standard InChI is InChI=1S/C14H12ClN2O/c1-10(11-6-2-3-7-11)16-17-14(18)12-8-4-5-9-13(12)15/h2-9H,1H3,(H,17,18)/b16-10-. The van der Waals surface area contributed by atoms with E-state index in [4.69, 9.17) is 11.6 Å². The van der Waals surface area contributed by atoms with E-state index in [1.165, 1.54) is 0 Å². The average Bonchev–Trinajstić information content (AvgIpc) is 2.90. The van der Waals surface area contributed by atoms with Crippen molar-refractivity contribution in [3.8, 4) is 0 Å². The summed E-state index contributed by atoms with van der Waals surface area (Å²) in [6.45, 7) is 1.84. The first-order valence-electron chi connectivity index (χ1n) is 5.50. The summed E-state index contributed by atoms with van der Waals surface area (Å²) in [5.41, 5.74) is 3.66. The number of carbonyl (C=O) groups excluding carboxylic acids is 1. The summed E-state index contributed by atoms with van der Waals surface area (Å²) >= 11 is 5.92. The van der Waals surface area contributed by atoms with Crippen LogP contribution in [0, 0.1) is 31.6 Å². The van der Waals surface area contributed by atoms with Crippen molar-refractivity contribution in [1.82, 2.24) is 5.43 Å². The summed E-state index contributed by atoms with van der Waals surface area (Å²) in [4.78, 5) is 11.8. The molecule has 4 heteroatoms. The number of rotatable bonds is 3. The number of hydrogen-bond donors (Lipinski definition) is 1. The molecule has 1 aliphatic carbocycles. The van der Waals surface area contributed by atoms with Crippen molar-refractivity contribution in [3.63, 3.8) is 0 Å². The van der Waals surface area contributed by atoms with Crippen LogP contribution < -0.4 is 5.43 Å². The fourth-order valence-electron chi connectivity index (χ4n) is 1.52. The number of hydrazone groups is 1. The molecule has 1 aromatic carbocycles. The van der Waals surface area contributed by atoms with Crippen molar-refractivity contribution >= 4 is 23.2 Å². The van der Waals surface area contributed by atoms with Crippen LogP contribution in [0.2, 0.25) is 5.02 Å². The molecule has 0 unspecified atom stereocenters. The third-order valence-electron chi connectivity index (χ3n) is 2.52. The molecule has 0 heterocycles. The van der Waals surface area contributed by atoms with Crippen LogP contribution in [0.25, 0.3) is 0 Å². The van der Waals surface area contributed by atoms with E-state index in [9.17, 15) is 4.79 Å². The molecule has 0 atom stereocenters. The van der Waals surface area contributed by atoms with Crippen LogP contribution in [-0.2, 0) is 0 Å². The number of hydrogen-bond acceptors (Lipinski definition) is 2. The Morgan fingerprint density at radius 1 is 1.22 bits per heavy atom. The molecule has 1 saturated carbocycles. The number of nitrogens with one attached hydrogen (secondary N) is 1. The third-order valence-corrected chi connectivity index (χ3v) is 2.85. The zero-order valence-electron chi connectivity index (χ0n) is 9.85. The zero-order valence-corrected chi connectivity index (χ0v) is 10.6. The van der Waals surface area contributed by atoms with Gasteiger partial charge in [0.15, 0.2) is 0 Å². The summed E-state index contributed by atoms with van der Waals surface area (Å²) in [5, 5.41) is 4.46. The lowest BCUT2D eigenvalue weighted by Gasteiger charge is -2.07. The molecular formula is C14H12ClN2O. The van der Waals surface area contributed by atoms with Gasteiger partial charge in [-0.15, -0.1) is 0 Å². The largest absolute Gasteiger partial charge is 0.272 e. The van der Waals surface area contributed by atoms with Crippen molar-refractivity contribution in [2.45, 2.75) is 6.92 Å². The highest BCUT2D eigenvalue weighted by Gasteiger charge is 2.20. The van der Waals surface area contributed by atoms with Gasteiger partial charge in [0, 0.05) is 11.6 Å². The van der Waals surface area contributed by atoms with E-state index >= 15 is 0 Å². The zero-order chi connectivity index (χ0) is 13.0. The van der Waals surface area contributed by atoms with Crippen molar-refractivity contribution in [2.24, 2.45) is 5.10 Å². The molecule has 91 valence electrons. The Kier molecular flexibility index (Phi) is 4.37. The van der Waals surface area contributed by atoms with Crippen LogP contribution >= 0.6 is 11.6 Å². The number of carbonyl (C=O) groups is 1. The summed E-state index contributed by atoms with van der Waals surface area (Å²) < 4.78 is 0. The highest BCUT2D eigenvalue weighted by molar-refractivity contribution is 6.33. The fourth-order valence-corrected chi connectivity index (χ4v) is 1.74. The molecule has 1 fully saturated rings. The molecule has 0 bridgehead atoms. The van der Waals surface area contributed by atoms with Crippen LogP contribution in [0.15, 0.2) is 29.4 Å². The highest BCUT2D eigenvalue weighted by Crippen LogP contribution is 2.24. The fraction of sp³-hybridized carbons (Fsp3) is 0.0714. The van der Waals surface area contributed by atoms with E-state index in [-0.39, 0.29) is 5.91 Å². The molecule has 0 aromatic heterocycles. The van der Waals surface area contributed by atoms with E-state index in [0.717, 1.165) is 11.6 Å². The van der Waals surface area contributed by atoms with Gasteiger partial charge in [-0.3, -0.25) is 4.79 Å². The van der Waals surface area contributed by atoms with Crippen molar-refractivity contribution in [1.29, 1.82) is 0 Å². The molecule has 0 spiro atoms. The summed E-state index contributed by atoms with van der Waals surface area (Å²) in [5.74, 6) is 0.668. The number of amides is 1. The van der Waals surface area contributed by atoms with E-state index in [0.29, 0.717) is 10.6 Å². The Balaban J connectivity index is 1.99. The minimum atomic E-state index is -0.313. The number of nitrogens with zero attached hydrogens (tertiary/aromatic N) is 1. The first-order chi connectivity index (χ1) is 8.68. The van der Waals surface area contributed by atoms with Gasteiger partial charge in [0.05, 0.1) is 10.6 Å². The highest BCUT2D eigenvalue weighted by atomic mass is 35.5. The predicted molar refractivity (Wildman–Crippen MR) is 72.5 cm³/mol. The second-order valence-corrected chi connectivity index (χ2v) is 4.20. The number of benzene rings is 1. The van der Waals surface area contributed by atoms with Gasteiger partial charge in [0.2, 0.25) is 0 Å². The van der Waals surface area contributed by atoms with E-state index in [1.807, 2.05) is 32.6 Å². The van der Waals surface area contributed by atoms with Gasteiger partial charge in [-0.2, -0.15) is 5.10 Å². The molecule has 0 saturated heterocycles. The van der Waals surface area contributed by atoms with Crippen LogP contribution in [0.3, 0.4) is 0 Å². The Bertz CT molecular complexity index is 465. The van der Waals surface area contributed by atoms with Gasteiger partial charge in [-0.1, -0.05) is 23.7 Å². The smallest absolute Gasteiger partial charge is 0.267 e. The van der Waals surface area contributed by atoms with Crippen molar-refractivity contribution in [3.05, 3.63) is 66.5 Å². The molecule has 1 amide bonds. The minimum absolute atomic E-state index is 0.313.